The third-order valence-corrected chi connectivity index (χ3v) is 8.47. The predicted molar refractivity (Wildman–Crippen MR) is 100 cm³/mol. The summed E-state index contributed by atoms with van der Waals surface area (Å²) in [6, 6.07) is 0. The Kier molecular flexibility index (Phi) is 4.08. The number of alkyl halides is 1. The number of allylic oxidation sites excluding steroid dienone is 6. The highest BCUT2D eigenvalue weighted by Gasteiger charge is 2.68. The number of fused-ring (bicyclic) bond motifs is 5. The van der Waals surface area contributed by atoms with Crippen molar-refractivity contribution in [3.05, 3.63) is 36.0 Å². The summed E-state index contributed by atoms with van der Waals surface area (Å²) in [6.45, 7) is 4.03. The number of aliphatic hydroxyl groups excluding tert-OH is 1. The molecule has 1 N–H and O–H groups in total. The molecule has 0 bridgehead atoms. The Labute approximate surface area is 153 Å². The van der Waals surface area contributed by atoms with Gasteiger partial charge in [-0.1, -0.05) is 30.7 Å². The van der Waals surface area contributed by atoms with E-state index in [0.717, 1.165) is 36.3 Å². The second-order valence-electron chi connectivity index (χ2n) is 8.36. The average molecular weight is 363 g/mol. The van der Waals surface area contributed by atoms with Crippen LogP contribution in [0.15, 0.2) is 36.0 Å². The second-order valence-corrected chi connectivity index (χ2v) is 9.63. The Hall–Kier alpha value is -0.870. The number of carbonyl (C=O) groups is 1. The maximum Gasteiger partial charge on any atom is 0.178 e. The summed E-state index contributed by atoms with van der Waals surface area (Å²) in [4.78, 5) is 11.8. The fourth-order valence-corrected chi connectivity index (χ4v) is 7.04. The second kappa shape index (κ2) is 5.82. The van der Waals surface area contributed by atoms with Crippen LogP contribution in [-0.2, 0) is 4.79 Å². The summed E-state index contributed by atoms with van der Waals surface area (Å²) < 4.78 is 16.7. The number of carbonyl (C=O) groups excluding carboxylic acids is 1. The molecule has 6 atom stereocenters. The van der Waals surface area contributed by atoms with Gasteiger partial charge in [0.1, 0.15) is 0 Å². The number of aliphatic hydroxyl groups is 1. The highest BCUT2D eigenvalue weighted by atomic mass is 32.2. The maximum absolute atomic E-state index is 16.7. The molecule has 0 radical (unpaired) electrons. The van der Waals surface area contributed by atoms with Crippen LogP contribution in [0.25, 0.3) is 0 Å². The molecule has 4 rings (SSSR count). The molecule has 2 nitrogen and oxygen atoms in total. The molecule has 0 heterocycles. The van der Waals surface area contributed by atoms with E-state index in [1.165, 1.54) is 6.08 Å². The van der Waals surface area contributed by atoms with Gasteiger partial charge in [-0.2, -0.15) is 11.8 Å². The van der Waals surface area contributed by atoms with Gasteiger partial charge >= 0.3 is 0 Å². The molecule has 1 unspecified atom stereocenters. The van der Waals surface area contributed by atoms with Crippen LogP contribution in [0.3, 0.4) is 0 Å². The van der Waals surface area contributed by atoms with E-state index in [1.54, 1.807) is 12.2 Å². The Balaban J connectivity index is 1.76. The molecule has 4 heteroatoms. The van der Waals surface area contributed by atoms with Gasteiger partial charge in [0.15, 0.2) is 11.5 Å². The van der Waals surface area contributed by atoms with Crippen molar-refractivity contribution in [2.45, 2.75) is 51.3 Å². The minimum absolute atomic E-state index is 0.0592. The largest absolute Gasteiger partial charge is 0.390 e. The van der Waals surface area contributed by atoms with Gasteiger partial charge in [-0.05, 0) is 56.4 Å². The summed E-state index contributed by atoms with van der Waals surface area (Å²) in [6.07, 6.45) is 11.2. The standard InChI is InChI=1S/C21H27FO2S/c1-3-25-13-20-9-4-5-16(20)17-7-6-14-11-15(23)8-10-19(14,2)21(17,22)18(24)12-20/h4,8-11,16-18,24H,3,5-7,12-13H2,1-2H3/t16-,17-,18?,19-,20-,21-/m0/s1. The molecule has 0 aromatic rings. The molecule has 2 saturated carbocycles. The fourth-order valence-electron chi connectivity index (χ4n) is 6.03. The fraction of sp³-hybridized carbons (Fsp3) is 0.667. The SMILES string of the molecule is CCSC[C@@]12C=CC[C@H]1[C@@H]1CCC3=CC(=O)C=C[C@]3(C)[C@@]1(F)C(O)C2. The predicted octanol–water partition coefficient (Wildman–Crippen LogP) is 4.26. The first-order valence-electron chi connectivity index (χ1n) is 9.44. The van der Waals surface area contributed by atoms with E-state index < -0.39 is 17.2 Å². The van der Waals surface area contributed by atoms with E-state index in [-0.39, 0.29) is 23.0 Å². The number of ketones is 1. The minimum Gasteiger partial charge on any atom is -0.390 e. The van der Waals surface area contributed by atoms with Crippen LogP contribution in [0.1, 0.15) is 39.5 Å². The summed E-state index contributed by atoms with van der Waals surface area (Å²) in [5.41, 5.74) is -1.77. The normalized spacial score (nSPS) is 47.9. The third kappa shape index (κ3) is 2.22. The number of hydrogen-bond acceptors (Lipinski definition) is 3. The van der Waals surface area contributed by atoms with E-state index >= 15 is 4.39 Å². The molecule has 0 aromatic carbocycles. The van der Waals surface area contributed by atoms with Crippen LogP contribution in [0.5, 0.6) is 0 Å². The van der Waals surface area contributed by atoms with Gasteiger partial charge in [-0.25, -0.2) is 4.39 Å². The maximum atomic E-state index is 16.7. The molecular formula is C21H27FO2S. The van der Waals surface area contributed by atoms with Crippen molar-refractivity contribution >= 4 is 17.5 Å². The molecule has 2 fully saturated rings. The zero-order valence-corrected chi connectivity index (χ0v) is 15.8. The summed E-state index contributed by atoms with van der Waals surface area (Å²) >= 11 is 1.89. The molecule has 0 aromatic heterocycles. The molecule has 4 aliphatic carbocycles. The lowest BCUT2D eigenvalue weighted by atomic mass is 9.46. The quantitative estimate of drug-likeness (QED) is 0.763. The Morgan fingerprint density at radius 3 is 2.92 bits per heavy atom. The molecule has 25 heavy (non-hydrogen) atoms. The zero-order valence-electron chi connectivity index (χ0n) is 15.0. The van der Waals surface area contributed by atoms with Crippen molar-refractivity contribution in [1.29, 1.82) is 0 Å². The number of halogens is 1. The lowest BCUT2D eigenvalue weighted by Gasteiger charge is -2.61. The van der Waals surface area contributed by atoms with Crippen LogP contribution in [-0.4, -0.2) is 34.2 Å². The topological polar surface area (TPSA) is 37.3 Å². The van der Waals surface area contributed by atoms with Crippen LogP contribution in [0.4, 0.5) is 4.39 Å². The van der Waals surface area contributed by atoms with Gasteiger partial charge < -0.3 is 5.11 Å². The van der Waals surface area contributed by atoms with Gasteiger partial charge in [0.2, 0.25) is 0 Å². The van der Waals surface area contributed by atoms with Crippen molar-refractivity contribution in [2.24, 2.45) is 22.7 Å². The molecular weight excluding hydrogens is 335 g/mol. The number of hydrogen-bond donors (Lipinski definition) is 1. The smallest absolute Gasteiger partial charge is 0.178 e. The molecule has 0 aliphatic heterocycles. The third-order valence-electron chi connectivity index (χ3n) is 7.32. The van der Waals surface area contributed by atoms with Crippen LogP contribution >= 0.6 is 11.8 Å². The van der Waals surface area contributed by atoms with Crippen molar-refractivity contribution < 1.29 is 14.3 Å². The van der Waals surface area contributed by atoms with Gasteiger partial charge in [0, 0.05) is 22.5 Å². The monoisotopic (exact) mass is 362 g/mol. The number of rotatable bonds is 3. The van der Waals surface area contributed by atoms with Gasteiger partial charge in [-0.15, -0.1) is 0 Å². The van der Waals surface area contributed by atoms with Gasteiger partial charge in [0.25, 0.3) is 0 Å². The van der Waals surface area contributed by atoms with E-state index in [9.17, 15) is 9.90 Å². The highest BCUT2D eigenvalue weighted by Crippen LogP contribution is 2.66. The lowest BCUT2D eigenvalue weighted by molar-refractivity contribution is -0.182. The minimum atomic E-state index is -1.69. The van der Waals surface area contributed by atoms with Gasteiger partial charge in [-0.3, -0.25) is 4.79 Å². The van der Waals surface area contributed by atoms with E-state index in [1.807, 2.05) is 18.7 Å². The molecule has 4 aliphatic rings. The molecule has 136 valence electrons. The first kappa shape index (κ1) is 17.5. The van der Waals surface area contributed by atoms with Crippen LogP contribution < -0.4 is 0 Å². The molecule has 0 saturated heterocycles. The van der Waals surface area contributed by atoms with Crippen LogP contribution in [0.2, 0.25) is 0 Å². The lowest BCUT2D eigenvalue weighted by Crippen LogP contribution is -2.66. The number of thioether (sulfide) groups is 1. The first-order chi connectivity index (χ1) is 11.9. The Morgan fingerprint density at radius 2 is 2.16 bits per heavy atom. The first-order valence-corrected chi connectivity index (χ1v) is 10.6. The molecule has 0 amide bonds. The summed E-state index contributed by atoms with van der Waals surface area (Å²) in [5, 5.41) is 11.1. The summed E-state index contributed by atoms with van der Waals surface area (Å²) in [5.74, 6) is 2.03. The van der Waals surface area contributed by atoms with E-state index in [4.69, 9.17) is 0 Å². The Bertz CT molecular complexity index is 683. The molecule has 0 spiro atoms. The van der Waals surface area contributed by atoms with Gasteiger partial charge in [0.05, 0.1) is 6.10 Å². The van der Waals surface area contributed by atoms with Crippen molar-refractivity contribution in [1.82, 2.24) is 0 Å². The van der Waals surface area contributed by atoms with E-state index in [0.29, 0.717) is 6.42 Å². The average Bonchev–Trinajstić information content (AvgIpc) is 2.99. The van der Waals surface area contributed by atoms with E-state index in [2.05, 4.69) is 19.1 Å². The van der Waals surface area contributed by atoms with Crippen molar-refractivity contribution in [2.75, 3.05) is 11.5 Å². The van der Waals surface area contributed by atoms with Crippen LogP contribution in [0, 0.1) is 22.7 Å². The zero-order chi connectivity index (χ0) is 17.9. The van der Waals surface area contributed by atoms with Crippen molar-refractivity contribution in [3.63, 3.8) is 0 Å². The summed E-state index contributed by atoms with van der Waals surface area (Å²) in [7, 11) is 0. The van der Waals surface area contributed by atoms with Crippen molar-refractivity contribution in [3.8, 4) is 0 Å². The Morgan fingerprint density at radius 1 is 1.36 bits per heavy atom. The highest BCUT2D eigenvalue weighted by molar-refractivity contribution is 7.99.